The van der Waals surface area contributed by atoms with Crippen molar-refractivity contribution in [3.8, 4) is 0 Å². The minimum absolute atomic E-state index is 0.196. The highest BCUT2D eigenvalue weighted by Gasteiger charge is 2.35. The molecule has 0 bridgehead atoms. The topological polar surface area (TPSA) is 69.6 Å². The second-order valence-electron chi connectivity index (χ2n) is 5.51. The number of carboxylic acids is 1. The molecule has 2 aliphatic rings. The maximum absolute atomic E-state index is 12.1. The molecule has 1 aliphatic carbocycles. The Kier molecular flexibility index (Phi) is 4.09. The van der Waals surface area contributed by atoms with Gasteiger partial charge in [-0.25, -0.2) is 9.59 Å². The Morgan fingerprint density at radius 1 is 1.17 bits per heavy atom. The lowest BCUT2D eigenvalue weighted by Crippen LogP contribution is -2.51. The zero-order valence-corrected chi connectivity index (χ0v) is 10.9. The molecule has 5 nitrogen and oxygen atoms in total. The first-order chi connectivity index (χ1) is 8.59. The third-order valence-electron chi connectivity index (χ3n) is 4.22. The molecule has 102 valence electrons. The van der Waals surface area contributed by atoms with E-state index in [1.54, 1.807) is 0 Å². The van der Waals surface area contributed by atoms with Crippen molar-refractivity contribution in [2.75, 3.05) is 6.54 Å². The van der Waals surface area contributed by atoms with Gasteiger partial charge in [-0.1, -0.05) is 19.8 Å². The van der Waals surface area contributed by atoms with E-state index < -0.39 is 12.0 Å². The lowest BCUT2D eigenvalue weighted by molar-refractivity contribution is -0.141. The summed E-state index contributed by atoms with van der Waals surface area (Å²) in [5.41, 5.74) is 0. The fourth-order valence-corrected chi connectivity index (χ4v) is 3.04. The van der Waals surface area contributed by atoms with Crippen molar-refractivity contribution in [1.29, 1.82) is 0 Å². The first-order valence-electron chi connectivity index (χ1n) is 6.89. The summed E-state index contributed by atoms with van der Waals surface area (Å²) in [4.78, 5) is 24.7. The predicted octanol–water partition coefficient (Wildman–Crippen LogP) is 1.82. The number of hydrogen-bond donors (Lipinski definition) is 2. The number of carbonyl (C=O) groups excluding carboxylic acids is 1. The van der Waals surface area contributed by atoms with Crippen LogP contribution < -0.4 is 5.32 Å². The summed E-state index contributed by atoms with van der Waals surface area (Å²) in [6.07, 6.45) is 5.89. The first kappa shape index (κ1) is 13.2. The first-order valence-corrected chi connectivity index (χ1v) is 6.89. The van der Waals surface area contributed by atoms with Gasteiger partial charge < -0.3 is 15.3 Å². The van der Waals surface area contributed by atoms with Crippen LogP contribution in [-0.4, -0.2) is 40.6 Å². The zero-order valence-electron chi connectivity index (χ0n) is 10.9. The Labute approximate surface area is 108 Å². The van der Waals surface area contributed by atoms with E-state index in [4.69, 9.17) is 5.11 Å². The van der Waals surface area contributed by atoms with Crippen LogP contribution in [0.4, 0.5) is 4.79 Å². The van der Waals surface area contributed by atoms with E-state index in [2.05, 4.69) is 12.2 Å². The van der Waals surface area contributed by atoms with Crippen molar-refractivity contribution in [2.45, 2.75) is 57.5 Å². The van der Waals surface area contributed by atoms with Crippen molar-refractivity contribution in [3.63, 3.8) is 0 Å². The number of likely N-dealkylation sites (tertiary alicyclic amines) is 1. The molecule has 1 aliphatic heterocycles. The van der Waals surface area contributed by atoms with Gasteiger partial charge in [0, 0.05) is 12.6 Å². The zero-order chi connectivity index (χ0) is 13.1. The van der Waals surface area contributed by atoms with Crippen molar-refractivity contribution in [2.24, 2.45) is 5.92 Å². The number of carboxylic acid groups (broad SMARTS) is 1. The summed E-state index contributed by atoms with van der Waals surface area (Å²) in [5, 5.41) is 12.1. The highest BCUT2D eigenvalue weighted by molar-refractivity contribution is 5.83. The standard InChI is InChI=1S/C13H22N2O3/c1-9-5-2-3-6-10(9)14-13(18)15-8-4-7-11(15)12(16)17/h9-11H,2-8H2,1H3,(H,14,18)(H,16,17)/t9?,10?,11-/m1/s1. The summed E-state index contributed by atoms with van der Waals surface area (Å²) in [6, 6.07) is -0.621. The molecule has 0 spiro atoms. The summed E-state index contributed by atoms with van der Waals surface area (Å²) >= 11 is 0. The van der Waals surface area contributed by atoms with Crippen molar-refractivity contribution >= 4 is 12.0 Å². The Balaban J connectivity index is 1.92. The van der Waals surface area contributed by atoms with Crippen LogP contribution in [0.2, 0.25) is 0 Å². The molecule has 2 amide bonds. The quantitative estimate of drug-likeness (QED) is 0.789. The maximum atomic E-state index is 12.1. The highest BCUT2D eigenvalue weighted by atomic mass is 16.4. The normalized spacial score (nSPS) is 32.3. The summed E-state index contributed by atoms with van der Waals surface area (Å²) in [6.45, 7) is 2.71. The van der Waals surface area contributed by atoms with Gasteiger partial charge in [0.2, 0.25) is 0 Å². The number of urea groups is 1. The second kappa shape index (κ2) is 5.59. The fraction of sp³-hybridized carbons (Fsp3) is 0.846. The molecule has 0 aromatic heterocycles. The van der Waals surface area contributed by atoms with Gasteiger partial charge >= 0.3 is 12.0 Å². The summed E-state index contributed by atoms with van der Waals surface area (Å²) < 4.78 is 0. The number of amides is 2. The molecule has 1 saturated carbocycles. The van der Waals surface area contributed by atoms with Crippen molar-refractivity contribution in [1.82, 2.24) is 10.2 Å². The van der Waals surface area contributed by atoms with Crippen LogP contribution in [0.5, 0.6) is 0 Å². The van der Waals surface area contributed by atoms with Gasteiger partial charge in [-0.15, -0.1) is 0 Å². The fourth-order valence-electron chi connectivity index (χ4n) is 3.04. The van der Waals surface area contributed by atoms with E-state index in [0.717, 1.165) is 25.7 Å². The SMILES string of the molecule is CC1CCCCC1NC(=O)N1CCC[C@@H]1C(=O)O. The Bertz CT molecular complexity index is 332. The molecular weight excluding hydrogens is 232 g/mol. The van der Waals surface area contributed by atoms with E-state index in [0.29, 0.717) is 18.9 Å². The van der Waals surface area contributed by atoms with Gasteiger partial charge in [0.15, 0.2) is 0 Å². The predicted molar refractivity (Wildman–Crippen MR) is 67.3 cm³/mol. The molecular formula is C13H22N2O3. The molecule has 2 rings (SSSR count). The number of nitrogens with one attached hydrogen (secondary N) is 1. The van der Waals surface area contributed by atoms with E-state index in [9.17, 15) is 9.59 Å². The molecule has 2 unspecified atom stereocenters. The molecule has 5 heteroatoms. The molecule has 1 heterocycles. The van der Waals surface area contributed by atoms with Crippen LogP contribution in [0.15, 0.2) is 0 Å². The number of carbonyl (C=O) groups is 2. The Morgan fingerprint density at radius 3 is 2.56 bits per heavy atom. The van der Waals surface area contributed by atoms with Gasteiger partial charge in [-0.2, -0.15) is 0 Å². The largest absolute Gasteiger partial charge is 0.480 e. The highest BCUT2D eigenvalue weighted by Crippen LogP contribution is 2.25. The van der Waals surface area contributed by atoms with Crippen LogP contribution in [-0.2, 0) is 4.79 Å². The van der Waals surface area contributed by atoms with Crippen LogP contribution in [0.1, 0.15) is 45.4 Å². The Morgan fingerprint density at radius 2 is 1.89 bits per heavy atom. The van der Waals surface area contributed by atoms with Gasteiger partial charge in [0.1, 0.15) is 6.04 Å². The molecule has 0 radical (unpaired) electrons. The lowest BCUT2D eigenvalue weighted by atomic mass is 9.86. The van der Waals surface area contributed by atoms with Crippen LogP contribution in [0, 0.1) is 5.92 Å². The van der Waals surface area contributed by atoms with E-state index in [1.807, 2.05) is 0 Å². The van der Waals surface area contributed by atoms with Crippen LogP contribution in [0.3, 0.4) is 0 Å². The second-order valence-corrected chi connectivity index (χ2v) is 5.51. The smallest absolute Gasteiger partial charge is 0.326 e. The lowest BCUT2D eigenvalue weighted by Gasteiger charge is -2.32. The van der Waals surface area contributed by atoms with Gasteiger partial charge in [0.25, 0.3) is 0 Å². The van der Waals surface area contributed by atoms with E-state index in [1.165, 1.54) is 11.3 Å². The number of hydrogen-bond acceptors (Lipinski definition) is 2. The minimum Gasteiger partial charge on any atom is -0.480 e. The molecule has 0 aromatic carbocycles. The molecule has 3 atom stereocenters. The van der Waals surface area contributed by atoms with Crippen LogP contribution >= 0.6 is 0 Å². The van der Waals surface area contributed by atoms with E-state index >= 15 is 0 Å². The number of nitrogens with zero attached hydrogens (tertiary/aromatic N) is 1. The molecule has 2 N–H and O–H groups in total. The van der Waals surface area contributed by atoms with Crippen LogP contribution in [0.25, 0.3) is 0 Å². The molecule has 2 fully saturated rings. The van der Waals surface area contributed by atoms with Crippen molar-refractivity contribution in [3.05, 3.63) is 0 Å². The average Bonchev–Trinajstić information content (AvgIpc) is 2.81. The monoisotopic (exact) mass is 254 g/mol. The molecule has 0 aromatic rings. The molecule has 18 heavy (non-hydrogen) atoms. The summed E-state index contributed by atoms with van der Waals surface area (Å²) in [5.74, 6) is -0.395. The maximum Gasteiger partial charge on any atom is 0.326 e. The molecule has 1 saturated heterocycles. The van der Waals surface area contributed by atoms with Gasteiger partial charge in [-0.05, 0) is 31.6 Å². The Hall–Kier alpha value is -1.26. The van der Waals surface area contributed by atoms with Crippen molar-refractivity contribution < 1.29 is 14.7 Å². The average molecular weight is 254 g/mol. The van der Waals surface area contributed by atoms with E-state index in [-0.39, 0.29) is 12.1 Å². The van der Waals surface area contributed by atoms with Gasteiger partial charge in [-0.3, -0.25) is 0 Å². The minimum atomic E-state index is -0.889. The summed E-state index contributed by atoms with van der Waals surface area (Å²) in [7, 11) is 0. The number of rotatable bonds is 2. The van der Waals surface area contributed by atoms with Gasteiger partial charge in [0.05, 0.1) is 0 Å². The number of aliphatic carboxylic acids is 1. The third kappa shape index (κ3) is 2.76. The third-order valence-corrected chi connectivity index (χ3v) is 4.22.